The summed E-state index contributed by atoms with van der Waals surface area (Å²) >= 11 is 0. The number of hydrogen-bond donors (Lipinski definition) is 1. The number of hydrogen-bond acceptors (Lipinski definition) is 5. The van der Waals surface area contributed by atoms with Gasteiger partial charge in [0.25, 0.3) is 5.89 Å². The largest absolute Gasteiger partial charge is 0.508 e. The Morgan fingerprint density at radius 2 is 1.82 bits per heavy atom. The molecule has 2 heterocycles. The molecule has 0 unspecified atom stereocenters. The molecule has 0 fully saturated rings. The zero-order chi connectivity index (χ0) is 11.7. The van der Waals surface area contributed by atoms with Crippen LogP contribution in [-0.2, 0) is 0 Å². The van der Waals surface area contributed by atoms with Gasteiger partial charge < -0.3 is 14.0 Å². The summed E-state index contributed by atoms with van der Waals surface area (Å²) in [6.45, 7) is 0. The predicted molar refractivity (Wildman–Crippen MR) is 59.1 cm³/mol. The van der Waals surface area contributed by atoms with E-state index in [-0.39, 0.29) is 5.75 Å². The number of rotatable bonds is 2. The van der Waals surface area contributed by atoms with Crippen molar-refractivity contribution in [3.63, 3.8) is 0 Å². The number of furan rings is 1. The molecule has 1 aromatic carbocycles. The van der Waals surface area contributed by atoms with E-state index in [9.17, 15) is 5.11 Å². The van der Waals surface area contributed by atoms with E-state index in [4.69, 9.17) is 8.94 Å². The van der Waals surface area contributed by atoms with Crippen LogP contribution in [0.15, 0.2) is 51.8 Å². The molecule has 0 atom stereocenters. The Kier molecular flexibility index (Phi) is 2.15. The molecule has 0 radical (unpaired) electrons. The van der Waals surface area contributed by atoms with E-state index in [0.29, 0.717) is 11.7 Å². The van der Waals surface area contributed by atoms with E-state index < -0.39 is 0 Å². The monoisotopic (exact) mass is 228 g/mol. The Morgan fingerprint density at radius 3 is 2.53 bits per heavy atom. The third kappa shape index (κ3) is 1.78. The van der Waals surface area contributed by atoms with Crippen molar-refractivity contribution in [1.29, 1.82) is 0 Å². The molecule has 3 rings (SSSR count). The predicted octanol–water partition coefficient (Wildman–Crippen LogP) is 2.70. The normalized spacial score (nSPS) is 10.6. The summed E-state index contributed by atoms with van der Waals surface area (Å²) in [5, 5.41) is 13.0. The number of aromatic hydroxyl groups is 1. The molecule has 84 valence electrons. The minimum absolute atomic E-state index is 0.198. The van der Waals surface area contributed by atoms with Gasteiger partial charge in [-0.15, -0.1) is 0 Å². The van der Waals surface area contributed by atoms with Crippen LogP contribution in [0.3, 0.4) is 0 Å². The minimum Gasteiger partial charge on any atom is -0.508 e. The number of aromatic nitrogens is 2. The van der Waals surface area contributed by atoms with Crippen molar-refractivity contribution in [3.05, 3.63) is 42.9 Å². The van der Waals surface area contributed by atoms with Crippen LogP contribution in [0, 0.1) is 0 Å². The fraction of sp³-hybridized carbons (Fsp3) is 0. The van der Waals surface area contributed by atoms with Gasteiger partial charge in [0.2, 0.25) is 5.82 Å². The van der Waals surface area contributed by atoms with Crippen LogP contribution < -0.4 is 0 Å². The number of phenols is 1. The van der Waals surface area contributed by atoms with Crippen LogP contribution in [0.5, 0.6) is 5.75 Å². The first-order valence-corrected chi connectivity index (χ1v) is 4.98. The van der Waals surface area contributed by atoms with Crippen molar-refractivity contribution in [1.82, 2.24) is 10.1 Å². The molecule has 1 N–H and O–H groups in total. The average Bonchev–Trinajstić information content (AvgIpc) is 3.00. The fourth-order valence-corrected chi connectivity index (χ4v) is 1.45. The van der Waals surface area contributed by atoms with E-state index >= 15 is 0 Å². The van der Waals surface area contributed by atoms with Crippen molar-refractivity contribution in [2.24, 2.45) is 0 Å². The molecule has 0 bridgehead atoms. The smallest absolute Gasteiger partial charge is 0.258 e. The highest BCUT2D eigenvalue weighted by Gasteiger charge is 2.10. The van der Waals surface area contributed by atoms with Gasteiger partial charge in [0.05, 0.1) is 11.8 Å². The third-order valence-corrected chi connectivity index (χ3v) is 2.32. The van der Waals surface area contributed by atoms with Crippen molar-refractivity contribution in [2.75, 3.05) is 0 Å². The standard InChI is InChI=1S/C12H8N2O3/c15-10-3-1-8(2-4-10)12-13-11(14-17-12)9-5-6-16-7-9/h1-7,15H. The Bertz CT molecular complexity index is 612. The first-order chi connectivity index (χ1) is 8.33. The lowest BCUT2D eigenvalue weighted by atomic mass is 10.2. The zero-order valence-electron chi connectivity index (χ0n) is 8.70. The van der Waals surface area contributed by atoms with Crippen LogP contribution in [0.4, 0.5) is 0 Å². The highest BCUT2D eigenvalue weighted by atomic mass is 16.5. The lowest BCUT2D eigenvalue weighted by molar-refractivity contribution is 0.432. The second-order valence-corrected chi connectivity index (χ2v) is 3.48. The van der Waals surface area contributed by atoms with E-state index in [2.05, 4.69) is 10.1 Å². The van der Waals surface area contributed by atoms with Crippen molar-refractivity contribution in [3.8, 4) is 28.6 Å². The van der Waals surface area contributed by atoms with Gasteiger partial charge in [-0.3, -0.25) is 0 Å². The first-order valence-electron chi connectivity index (χ1n) is 4.98. The summed E-state index contributed by atoms with van der Waals surface area (Å²) in [6, 6.07) is 8.31. The van der Waals surface area contributed by atoms with Gasteiger partial charge in [-0.25, -0.2) is 0 Å². The van der Waals surface area contributed by atoms with Crippen LogP contribution >= 0.6 is 0 Å². The number of benzene rings is 1. The van der Waals surface area contributed by atoms with Gasteiger partial charge in [0.1, 0.15) is 12.0 Å². The summed E-state index contributed by atoms with van der Waals surface area (Å²) < 4.78 is 10.1. The van der Waals surface area contributed by atoms with E-state index in [0.717, 1.165) is 11.1 Å². The summed E-state index contributed by atoms with van der Waals surface area (Å²) in [6.07, 6.45) is 3.09. The Morgan fingerprint density at radius 1 is 1.00 bits per heavy atom. The highest BCUT2D eigenvalue weighted by molar-refractivity contribution is 5.59. The van der Waals surface area contributed by atoms with Crippen LogP contribution in [0.1, 0.15) is 0 Å². The van der Waals surface area contributed by atoms with Crippen molar-refractivity contribution >= 4 is 0 Å². The van der Waals surface area contributed by atoms with Crippen LogP contribution in [0.2, 0.25) is 0 Å². The molecule has 0 spiro atoms. The van der Waals surface area contributed by atoms with Crippen molar-refractivity contribution in [2.45, 2.75) is 0 Å². The van der Waals surface area contributed by atoms with E-state index in [1.807, 2.05) is 0 Å². The Hall–Kier alpha value is -2.56. The molecule has 17 heavy (non-hydrogen) atoms. The molecular weight excluding hydrogens is 220 g/mol. The van der Waals surface area contributed by atoms with Crippen LogP contribution in [0.25, 0.3) is 22.8 Å². The van der Waals surface area contributed by atoms with E-state index in [1.165, 1.54) is 0 Å². The van der Waals surface area contributed by atoms with Gasteiger partial charge in [0.15, 0.2) is 0 Å². The molecule has 0 amide bonds. The Balaban J connectivity index is 1.98. The summed E-state index contributed by atoms with van der Waals surface area (Å²) in [5.41, 5.74) is 1.52. The van der Waals surface area contributed by atoms with Gasteiger partial charge >= 0.3 is 0 Å². The lowest BCUT2D eigenvalue weighted by Crippen LogP contribution is -1.78. The summed E-state index contributed by atoms with van der Waals surface area (Å²) in [4.78, 5) is 4.23. The highest BCUT2D eigenvalue weighted by Crippen LogP contribution is 2.23. The molecular formula is C12H8N2O3. The SMILES string of the molecule is Oc1ccc(-c2nc(-c3ccoc3)no2)cc1. The average molecular weight is 228 g/mol. The zero-order valence-corrected chi connectivity index (χ0v) is 8.70. The summed E-state index contributed by atoms with van der Waals surface area (Å²) in [5.74, 6) is 1.08. The molecule has 3 aromatic rings. The number of phenolic OH excluding ortho intramolecular Hbond substituents is 1. The molecule has 5 nitrogen and oxygen atoms in total. The summed E-state index contributed by atoms with van der Waals surface area (Å²) in [7, 11) is 0. The van der Waals surface area contributed by atoms with Crippen LogP contribution in [-0.4, -0.2) is 15.2 Å². The second kappa shape index (κ2) is 3.79. The minimum atomic E-state index is 0.198. The molecule has 5 heteroatoms. The van der Waals surface area contributed by atoms with E-state index in [1.54, 1.807) is 42.9 Å². The third-order valence-electron chi connectivity index (χ3n) is 2.32. The van der Waals surface area contributed by atoms with Crippen molar-refractivity contribution < 1.29 is 14.0 Å². The second-order valence-electron chi connectivity index (χ2n) is 3.48. The van der Waals surface area contributed by atoms with Gasteiger partial charge in [-0.1, -0.05) is 5.16 Å². The quantitative estimate of drug-likeness (QED) is 0.730. The molecule has 0 aliphatic carbocycles. The van der Waals surface area contributed by atoms with Gasteiger partial charge in [-0.05, 0) is 30.3 Å². The maximum Gasteiger partial charge on any atom is 0.258 e. The maximum absolute atomic E-state index is 9.18. The molecule has 0 saturated heterocycles. The molecule has 0 saturated carbocycles. The molecule has 2 aromatic heterocycles. The molecule has 0 aliphatic rings. The van der Waals surface area contributed by atoms with Gasteiger partial charge in [-0.2, -0.15) is 4.98 Å². The fourth-order valence-electron chi connectivity index (χ4n) is 1.45. The van der Waals surface area contributed by atoms with Gasteiger partial charge in [0, 0.05) is 5.56 Å². The maximum atomic E-state index is 9.18. The first kappa shape index (κ1) is 9.65. The molecule has 0 aliphatic heterocycles. The lowest BCUT2D eigenvalue weighted by Gasteiger charge is -1.93. The Labute approximate surface area is 96.3 Å². The topological polar surface area (TPSA) is 72.3 Å². The number of nitrogens with zero attached hydrogens (tertiary/aromatic N) is 2.